The number of hydrogen-bond donors (Lipinski definition) is 1. The summed E-state index contributed by atoms with van der Waals surface area (Å²) < 4.78 is 5.17. The molecule has 2 rings (SSSR count). The number of carbonyl (C=O) groups is 2. The van der Waals surface area contributed by atoms with Gasteiger partial charge in [-0.2, -0.15) is 0 Å². The van der Waals surface area contributed by atoms with Crippen LogP contribution in [-0.2, 0) is 14.9 Å². The van der Waals surface area contributed by atoms with E-state index in [-0.39, 0.29) is 17.3 Å². The molecule has 0 aromatic heterocycles. The van der Waals surface area contributed by atoms with Gasteiger partial charge in [-0.05, 0) is 53.3 Å². The van der Waals surface area contributed by atoms with Crippen LogP contribution in [-0.4, -0.2) is 18.5 Å². The number of unbranched alkanes of at least 4 members (excludes halogenated alkanes) is 1. The Morgan fingerprint density at radius 3 is 2.21 bits per heavy atom. The molecule has 0 aliphatic heterocycles. The number of rotatable bonds is 7. The molecule has 0 heterocycles. The Kier molecular flexibility index (Phi) is 7.56. The molecule has 1 amide bonds. The Balaban J connectivity index is 1.90. The third-order valence-corrected chi connectivity index (χ3v) is 4.32. The minimum absolute atomic E-state index is 0.105. The fourth-order valence-corrected chi connectivity index (χ4v) is 2.53. The van der Waals surface area contributed by atoms with Crippen molar-refractivity contribution in [2.45, 2.75) is 46.0 Å². The van der Waals surface area contributed by atoms with Gasteiger partial charge in [0.2, 0.25) is 5.91 Å². The molecular formula is C24H29NO3. The smallest absolute Gasteiger partial charge is 0.338 e. The van der Waals surface area contributed by atoms with Crippen molar-refractivity contribution in [3.8, 4) is 0 Å². The van der Waals surface area contributed by atoms with Gasteiger partial charge in [-0.1, -0.05) is 58.4 Å². The second-order valence-corrected chi connectivity index (χ2v) is 7.76. The molecule has 1 N–H and O–H groups in total. The first-order valence-electron chi connectivity index (χ1n) is 9.66. The van der Waals surface area contributed by atoms with E-state index in [1.807, 2.05) is 19.1 Å². The van der Waals surface area contributed by atoms with Crippen LogP contribution < -0.4 is 5.32 Å². The number of anilines is 1. The van der Waals surface area contributed by atoms with Crippen LogP contribution in [0.15, 0.2) is 54.6 Å². The highest BCUT2D eigenvalue weighted by molar-refractivity contribution is 6.02. The first kappa shape index (κ1) is 21.4. The number of carbonyl (C=O) groups excluding carboxylic acids is 2. The lowest BCUT2D eigenvalue weighted by molar-refractivity contribution is -0.111. The quantitative estimate of drug-likeness (QED) is 0.387. The van der Waals surface area contributed by atoms with E-state index in [9.17, 15) is 9.59 Å². The van der Waals surface area contributed by atoms with E-state index in [0.29, 0.717) is 17.9 Å². The van der Waals surface area contributed by atoms with Gasteiger partial charge >= 0.3 is 5.97 Å². The number of amides is 1. The number of esters is 1. The molecule has 0 unspecified atom stereocenters. The molecule has 0 bridgehead atoms. The van der Waals surface area contributed by atoms with Gasteiger partial charge in [0.15, 0.2) is 0 Å². The standard InChI is InChI=1S/C24H29NO3/c1-5-6-17-28-23(27)19-10-14-21(15-11-19)25-22(26)16-9-18-7-12-20(13-8-18)24(2,3)4/h7-16H,5-6,17H2,1-4H3,(H,25,26)/b16-9+. The van der Waals surface area contributed by atoms with Gasteiger partial charge in [-0.15, -0.1) is 0 Å². The van der Waals surface area contributed by atoms with E-state index in [4.69, 9.17) is 4.74 Å². The van der Waals surface area contributed by atoms with Crippen LogP contribution in [0.3, 0.4) is 0 Å². The van der Waals surface area contributed by atoms with Crippen LogP contribution in [0.1, 0.15) is 62.0 Å². The van der Waals surface area contributed by atoms with Crippen LogP contribution in [0.2, 0.25) is 0 Å². The minimum Gasteiger partial charge on any atom is -0.462 e. The van der Waals surface area contributed by atoms with Crippen molar-refractivity contribution in [1.29, 1.82) is 0 Å². The lowest BCUT2D eigenvalue weighted by atomic mass is 9.87. The lowest BCUT2D eigenvalue weighted by Crippen LogP contribution is -2.10. The van der Waals surface area contributed by atoms with E-state index < -0.39 is 0 Å². The maximum Gasteiger partial charge on any atom is 0.338 e. The van der Waals surface area contributed by atoms with Crippen LogP contribution in [0, 0.1) is 0 Å². The van der Waals surface area contributed by atoms with Crippen LogP contribution in [0.4, 0.5) is 5.69 Å². The highest BCUT2D eigenvalue weighted by Gasteiger charge is 2.12. The van der Waals surface area contributed by atoms with Crippen LogP contribution >= 0.6 is 0 Å². The second-order valence-electron chi connectivity index (χ2n) is 7.76. The molecule has 28 heavy (non-hydrogen) atoms. The molecule has 0 saturated heterocycles. The SMILES string of the molecule is CCCCOC(=O)c1ccc(NC(=O)/C=C/c2ccc(C(C)(C)C)cc2)cc1. The van der Waals surface area contributed by atoms with Crippen LogP contribution in [0.5, 0.6) is 0 Å². The van der Waals surface area contributed by atoms with Gasteiger partial charge in [0.05, 0.1) is 12.2 Å². The highest BCUT2D eigenvalue weighted by Crippen LogP contribution is 2.22. The van der Waals surface area contributed by atoms with Crippen molar-refractivity contribution in [1.82, 2.24) is 0 Å². The number of nitrogens with one attached hydrogen (secondary N) is 1. The fraction of sp³-hybridized carbons (Fsp3) is 0.333. The van der Waals surface area contributed by atoms with E-state index in [2.05, 4.69) is 38.2 Å². The summed E-state index contributed by atoms with van der Waals surface area (Å²) in [7, 11) is 0. The predicted molar refractivity (Wildman–Crippen MR) is 114 cm³/mol. The molecule has 0 radical (unpaired) electrons. The zero-order valence-corrected chi connectivity index (χ0v) is 17.1. The van der Waals surface area contributed by atoms with Gasteiger partial charge in [-0.25, -0.2) is 4.79 Å². The molecule has 0 aliphatic rings. The Bertz CT molecular complexity index is 812. The molecule has 4 heteroatoms. The minimum atomic E-state index is -0.343. The predicted octanol–water partition coefficient (Wildman–Crippen LogP) is 5.59. The number of hydrogen-bond acceptors (Lipinski definition) is 3. The topological polar surface area (TPSA) is 55.4 Å². The summed E-state index contributed by atoms with van der Waals surface area (Å²) in [6.45, 7) is 8.97. The van der Waals surface area contributed by atoms with Gasteiger partial charge in [-0.3, -0.25) is 4.79 Å². The Morgan fingerprint density at radius 1 is 1.00 bits per heavy atom. The number of benzene rings is 2. The summed E-state index contributed by atoms with van der Waals surface area (Å²) in [4.78, 5) is 24.0. The Hall–Kier alpha value is -2.88. The van der Waals surface area contributed by atoms with Gasteiger partial charge in [0.25, 0.3) is 0 Å². The summed E-state index contributed by atoms with van der Waals surface area (Å²) in [5.74, 6) is -0.567. The van der Waals surface area contributed by atoms with E-state index in [1.54, 1.807) is 30.3 Å². The summed E-state index contributed by atoms with van der Waals surface area (Å²) in [5.41, 5.74) is 3.43. The summed E-state index contributed by atoms with van der Waals surface area (Å²) in [6.07, 6.45) is 5.11. The zero-order valence-electron chi connectivity index (χ0n) is 17.1. The molecular weight excluding hydrogens is 350 g/mol. The van der Waals surface area contributed by atoms with Crippen molar-refractivity contribution in [3.63, 3.8) is 0 Å². The normalized spacial score (nSPS) is 11.4. The van der Waals surface area contributed by atoms with Crippen molar-refractivity contribution >= 4 is 23.6 Å². The second kappa shape index (κ2) is 9.88. The van der Waals surface area contributed by atoms with E-state index >= 15 is 0 Å². The van der Waals surface area contributed by atoms with Gasteiger partial charge in [0, 0.05) is 11.8 Å². The average molecular weight is 380 g/mol. The molecule has 0 atom stereocenters. The van der Waals surface area contributed by atoms with Gasteiger partial charge in [0.1, 0.15) is 0 Å². The molecule has 0 spiro atoms. The molecule has 2 aromatic rings. The van der Waals surface area contributed by atoms with Crippen molar-refractivity contribution in [2.24, 2.45) is 0 Å². The molecule has 4 nitrogen and oxygen atoms in total. The number of ether oxygens (including phenoxy) is 1. The first-order valence-corrected chi connectivity index (χ1v) is 9.66. The van der Waals surface area contributed by atoms with E-state index in [0.717, 1.165) is 18.4 Å². The summed E-state index contributed by atoms with van der Waals surface area (Å²) >= 11 is 0. The first-order chi connectivity index (χ1) is 13.3. The van der Waals surface area contributed by atoms with Crippen molar-refractivity contribution in [3.05, 3.63) is 71.3 Å². The Labute approximate surface area is 167 Å². The molecule has 148 valence electrons. The molecule has 0 fully saturated rings. The lowest BCUT2D eigenvalue weighted by Gasteiger charge is -2.18. The maximum absolute atomic E-state index is 12.1. The van der Waals surface area contributed by atoms with Crippen LogP contribution in [0.25, 0.3) is 6.08 Å². The summed E-state index contributed by atoms with van der Waals surface area (Å²) in [6, 6.07) is 14.9. The fourth-order valence-electron chi connectivity index (χ4n) is 2.53. The van der Waals surface area contributed by atoms with Gasteiger partial charge < -0.3 is 10.1 Å². The van der Waals surface area contributed by atoms with Crippen molar-refractivity contribution < 1.29 is 14.3 Å². The molecule has 0 saturated carbocycles. The van der Waals surface area contributed by atoms with E-state index in [1.165, 1.54) is 11.6 Å². The third-order valence-electron chi connectivity index (χ3n) is 4.32. The Morgan fingerprint density at radius 2 is 1.64 bits per heavy atom. The third kappa shape index (κ3) is 6.69. The largest absolute Gasteiger partial charge is 0.462 e. The monoisotopic (exact) mass is 379 g/mol. The molecule has 0 aliphatic carbocycles. The maximum atomic E-state index is 12.1. The highest BCUT2D eigenvalue weighted by atomic mass is 16.5. The van der Waals surface area contributed by atoms with Crippen molar-refractivity contribution in [2.75, 3.05) is 11.9 Å². The average Bonchev–Trinajstić information content (AvgIpc) is 2.67. The zero-order chi connectivity index (χ0) is 20.6. The summed E-state index contributed by atoms with van der Waals surface area (Å²) in [5, 5.41) is 2.79. The molecule has 2 aromatic carbocycles.